The van der Waals surface area contributed by atoms with Gasteiger partial charge in [0, 0.05) is 24.4 Å². The van der Waals surface area contributed by atoms with Crippen molar-refractivity contribution in [2.24, 2.45) is 0 Å². The highest BCUT2D eigenvalue weighted by Gasteiger charge is 2.18. The summed E-state index contributed by atoms with van der Waals surface area (Å²) < 4.78 is 31.2. The molecule has 1 N–H and O–H groups in total. The molecule has 7 nitrogen and oxygen atoms in total. The zero-order valence-corrected chi connectivity index (χ0v) is 15.9. The Morgan fingerprint density at radius 2 is 2.00 bits per heavy atom. The minimum absolute atomic E-state index is 0.00503. The highest BCUT2D eigenvalue weighted by atomic mass is 32.2. The second-order valence-electron chi connectivity index (χ2n) is 6.22. The highest BCUT2D eigenvalue weighted by Crippen LogP contribution is 2.21. The van der Waals surface area contributed by atoms with Crippen LogP contribution < -0.4 is 11.2 Å². The molecule has 0 amide bonds. The van der Waals surface area contributed by atoms with Crippen LogP contribution in [0.3, 0.4) is 0 Å². The standard InChI is InChI=1S/C19H22N2O5S/c1-3-16-7-4-5-8-17(16)15(2)13-27(24,25)12-6-11-26-14-21-10-9-18(22)20-19(21)23/h1,4-5,7-10,15H,6,11-14H2,2H3,(H,20,22,23)/t15-/m0/s1. The van der Waals surface area contributed by atoms with Crippen LogP contribution in [0.25, 0.3) is 0 Å². The van der Waals surface area contributed by atoms with Crippen molar-refractivity contribution in [1.29, 1.82) is 0 Å². The minimum Gasteiger partial charge on any atom is -0.361 e. The molecule has 0 fully saturated rings. The van der Waals surface area contributed by atoms with Crippen LogP contribution in [-0.4, -0.2) is 36.1 Å². The molecule has 2 aromatic rings. The summed E-state index contributed by atoms with van der Waals surface area (Å²) in [4.78, 5) is 24.6. The zero-order chi connectivity index (χ0) is 19.9. The first-order chi connectivity index (χ1) is 12.8. The molecule has 1 aromatic heterocycles. The number of aromatic amines is 1. The minimum atomic E-state index is -3.28. The average molecular weight is 390 g/mol. The third-order valence-electron chi connectivity index (χ3n) is 4.02. The molecule has 0 spiro atoms. The number of nitrogens with zero attached hydrogens (tertiary/aromatic N) is 1. The van der Waals surface area contributed by atoms with Crippen molar-refractivity contribution < 1.29 is 13.2 Å². The third kappa shape index (κ3) is 6.24. The summed E-state index contributed by atoms with van der Waals surface area (Å²) in [6, 6.07) is 8.52. The number of nitrogens with one attached hydrogen (secondary N) is 1. The third-order valence-corrected chi connectivity index (χ3v) is 5.94. The number of ether oxygens (including phenoxy) is 1. The van der Waals surface area contributed by atoms with Gasteiger partial charge in [0.2, 0.25) is 0 Å². The predicted octanol–water partition coefficient (Wildman–Crippen LogP) is 1.10. The number of hydrogen-bond donors (Lipinski definition) is 1. The van der Waals surface area contributed by atoms with Gasteiger partial charge in [-0.1, -0.05) is 31.0 Å². The van der Waals surface area contributed by atoms with Crippen molar-refractivity contribution in [2.75, 3.05) is 18.1 Å². The van der Waals surface area contributed by atoms with E-state index in [2.05, 4.69) is 10.9 Å². The Hall–Kier alpha value is -2.63. The Balaban J connectivity index is 1.82. The molecule has 1 heterocycles. The predicted molar refractivity (Wildman–Crippen MR) is 103 cm³/mol. The highest BCUT2D eigenvalue weighted by molar-refractivity contribution is 7.91. The molecule has 0 aliphatic rings. The van der Waals surface area contributed by atoms with E-state index in [1.807, 2.05) is 25.1 Å². The van der Waals surface area contributed by atoms with Crippen molar-refractivity contribution >= 4 is 9.84 Å². The molecule has 27 heavy (non-hydrogen) atoms. The summed E-state index contributed by atoms with van der Waals surface area (Å²) in [6.45, 7) is 1.97. The molecule has 0 unspecified atom stereocenters. The molecular weight excluding hydrogens is 368 g/mol. The Kier molecular flexibility index (Phi) is 7.16. The average Bonchev–Trinajstić information content (AvgIpc) is 2.62. The number of hydrogen-bond acceptors (Lipinski definition) is 5. The van der Waals surface area contributed by atoms with Gasteiger partial charge in [0.15, 0.2) is 9.84 Å². The van der Waals surface area contributed by atoms with Crippen molar-refractivity contribution in [3.63, 3.8) is 0 Å². The van der Waals surface area contributed by atoms with Gasteiger partial charge in [-0.05, 0) is 24.0 Å². The van der Waals surface area contributed by atoms with Crippen LogP contribution in [-0.2, 0) is 21.3 Å². The van der Waals surface area contributed by atoms with E-state index in [1.54, 1.807) is 6.07 Å². The Morgan fingerprint density at radius 3 is 2.70 bits per heavy atom. The van der Waals surface area contributed by atoms with Crippen molar-refractivity contribution in [1.82, 2.24) is 9.55 Å². The molecule has 0 saturated carbocycles. The lowest BCUT2D eigenvalue weighted by Gasteiger charge is -2.14. The van der Waals surface area contributed by atoms with Gasteiger partial charge in [-0.15, -0.1) is 6.42 Å². The molecule has 1 atom stereocenters. The summed E-state index contributed by atoms with van der Waals surface area (Å²) in [5, 5.41) is 0. The summed E-state index contributed by atoms with van der Waals surface area (Å²) in [6.07, 6.45) is 7.10. The molecule has 0 radical (unpaired) electrons. The van der Waals surface area contributed by atoms with Gasteiger partial charge in [0.05, 0.1) is 11.5 Å². The number of terminal acetylenes is 1. The fourth-order valence-electron chi connectivity index (χ4n) is 2.70. The second kappa shape index (κ2) is 9.35. The summed E-state index contributed by atoms with van der Waals surface area (Å²) in [7, 11) is -3.28. The molecule has 0 bridgehead atoms. The van der Waals surface area contributed by atoms with Crippen LogP contribution in [0, 0.1) is 12.3 Å². The van der Waals surface area contributed by atoms with E-state index in [-0.39, 0.29) is 30.8 Å². The molecule has 1 aromatic carbocycles. The fourth-order valence-corrected chi connectivity index (χ4v) is 4.37. The number of rotatable bonds is 9. The first-order valence-electron chi connectivity index (χ1n) is 8.46. The van der Waals surface area contributed by atoms with Gasteiger partial charge in [0.1, 0.15) is 6.73 Å². The first-order valence-corrected chi connectivity index (χ1v) is 10.3. The van der Waals surface area contributed by atoms with Crippen LogP contribution in [0.4, 0.5) is 0 Å². The van der Waals surface area contributed by atoms with E-state index in [0.717, 1.165) is 5.56 Å². The van der Waals surface area contributed by atoms with Gasteiger partial charge in [-0.25, -0.2) is 13.2 Å². The van der Waals surface area contributed by atoms with Crippen LogP contribution in [0.1, 0.15) is 30.4 Å². The molecular formula is C19H22N2O5S. The van der Waals surface area contributed by atoms with Gasteiger partial charge >= 0.3 is 5.69 Å². The SMILES string of the molecule is C#Cc1ccccc1[C@@H](C)CS(=O)(=O)CCCOCn1ccc(=O)[nH]c1=O. The number of aromatic nitrogens is 2. The zero-order valence-electron chi connectivity index (χ0n) is 15.1. The van der Waals surface area contributed by atoms with E-state index in [0.29, 0.717) is 12.0 Å². The largest absolute Gasteiger partial charge is 0.361 e. The van der Waals surface area contributed by atoms with Crippen LogP contribution >= 0.6 is 0 Å². The van der Waals surface area contributed by atoms with Gasteiger partial charge in [-0.2, -0.15) is 0 Å². The molecule has 2 rings (SSSR count). The first kappa shape index (κ1) is 20.7. The molecule has 0 aliphatic heterocycles. The lowest BCUT2D eigenvalue weighted by Crippen LogP contribution is -2.29. The lowest BCUT2D eigenvalue weighted by molar-refractivity contribution is 0.0745. The maximum Gasteiger partial charge on any atom is 0.330 e. The van der Waals surface area contributed by atoms with E-state index in [1.165, 1.54) is 16.8 Å². The molecule has 8 heteroatoms. The number of H-pyrrole nitrogens is 1. The van der Waals surface area contributed by atoms with Crippen molar-refractivity contribution in [3.8, 4) is 12.3 Å². The summed E-state index contributed by atoms with van der Waals surface area (Å²) >= 11 is 0. The second-order valence-corrected chi connectivity index (χ2v) is 8.45. The van der Waals surface area contributed by atoms with Crippen LogP contribution in [0.15, 0.2) is 46.1 Å². The monoisotopic (exact) mass is 390 g/mol. The smallest absolute Gasteiger partial charge is 0.330 e. The van der Waals surface area contributed by atoms with E-state index >= 15 is 0 Å². The van der Waals surface area contributed by atoms with Gasteiger partial charge < -0.3 is 4.74 Å². The van der Waals surface area contributed by atoms with Gasteiger partial charge in [-0.3, -0.25) is 14.3 Å². The normalized spacial score (nSPS) is 12.4. The van der Waals surface area contributed by atoms with Crippen molar-refractivity contribution in [2.45, 2.75) is 26.0 Å². The van der Waals surface area contributed by atoms with Crippen LogP contribution in [0.2, 0.25) is 0 Å². The Labute approximate surface area is 157 Å². The van der Waals surface area contributed by atoms with E-state index in [9.17, 15) is 18.0 Å². The quantitative estimate of drug-likeness (QED) is 0.511. The van der Waals surface area contributed by atoms with Gasteiger partial charge in [0.25, 0.3) is 5.56 Å². The number of sulfone groups is 1. The fraction of sp³-hybridized carbons (Fsp3) is 0.368. The summed E-state index contributed by atoms with van der Waals surface area (Å²) in [5.41, 5.74) is 0.492. The Morgan fingerprint density at radius 1 is 1.26 bits per heavy atom. The maximum absolute atomic E-state index is 12.3. The molecule has 144 valence electrons. The van der Waals surface area contributed by atoms with E-state index in [4.69, 9.17) is 11.2 Å². The number of benzene rings is 1. The topological polar surface area (TPSA) is 98.2 Å². The van der Waals surface area contributed by atoms with Crippen LogP contribution in [0.5, 0.6) is 0 Å². The lowest BCUT2D eigenvalue weighted by atomic mass is 9.98. The van der Waals surface area contributed by atoms with E-state index < -0.39 is 21.1 Å². The molecule has 0 aliphatic carbocycles. The van der Waals surface area contributed by atoms with Crippen molar-refractivity contribution in [3.05, 3.63) is 68.5 Å². The molecule has 0 saturated heterocycles. The summed E-state index contributed by atoms with van der Waals surface area (Å²) in [5.74, 6) is 2.36. The maximum atomic E-state index is 12.3. The Bertz CT molecular complexity index is 1030.